The molecule has 0 saturated heterocycles. The third-order valence-corrected chi connectivity index (χ3v) is 5.15. The fourth-order valence-corrected chi connectivity index (χ4v) is 3.41. The molecule has 0 aliphatic carbocycles. The van der Waals surface area contributed by atoms with E-state index >= 15 is 0 Å². The van der Waals surface area contributed by atoms with Crippen LogP contribution in [0, 0.1) is 0 Å². The summed E-state index contributed by atoms with van der Waals surface area (Å²) in [5, 5.41) is 3.01. The van der Waals surface area contributed by atoms with Gasteiger partial charge in [-0.2, -0.15) is 0 Å². The lowest BCUT2D eigenvalue weighted by molar-refractivity contribution is -0.114. The third kappa shape index (κ3) is 5.59. The molecule has 7 nitrogen and oxygen atoms in total. The van der Waals surface area contributed by atoms with Gasteiger partial charge in [-0.15, -0.1) is 0 Å². The van der Waals surface area contributed by atoms with Crippen LogP contribution in [0.2, 0.25) is 10.0 Å². The smallest absolute Gasteiger partial charge is 0.337 e. The number of rotatable bonds is 6. The predicted molar refractivity (Wildman–Crippen MR) is 105 cm³/mol. The number of benzene rings is 2. The minimum absolute atomic E-state index is 0.157. The Balaban J connectivity index is 2.26. The average Bonchev–Trinajstić information content (AvgIpc) is 2.60. The van der Waals surface area contributed by atoms with Crippen LogP contribution < -0.4 is 9.62 Å². The van der Waals surface area contributed by atoms with E-state index in [2.05, 4.69) is 10.1 Å². The summed E-state index contributed by atoms with van der Waals surface area (Å²) in [6, 6.07) is 10.3. The molecule has 0 aliphatic rings. The van der Waals surface area contributed by atoms with E-state index in [9.17, 15) is 18.0 Å². The maximum atomic E-state index is 12.4. The van der Waals surface area contributed by atoms with Gasteiger partial charge in [-0.1, -0.05) is 29.3 Å². The zero-order chi connectivity index (χ0) is 20.2. The summed E-state index contributed by atoms with van der Waals surface area (Å²) in [6.45, 7) is -0.502. The van der Waals surface area contributed by atoms with Crippen molar-refractivity contribution in [2.24, 2.45) is 0 Å². The number of ether oxygens (including phenoxy) is 1. The number of hydrogen-bond donors (Lipinski definition) is 1. The van der Waals surface area contributed by atoms with Crippen molar-refractivity contribution in [1.29, 1.82) is 0 Å². The van der Waals surface area contributed by atoms with Crippen molar-refractivity contribution in [3.05, 3.63) is 58.1 Å². The molecule has 0 unspecified atom stereocenters. The van der Waals surface area contributed by atoms with Gasteiger partial charge in [0.25, 0.3) is 0 Å². The number of amides is 1. The number of esters is 1. The molecule has 0 atom stereocenters. The Morgan fingerprint density at radius 2 is 1.85 bits per heavy atom. The fourth-order valence-electron chi connectivity index (χ4n) is 2.22. The van der Waals surface area contributed by atoms with Crippen molar-refractivity contribution in [2.75, 3.05) is 29.5 Å². The molecule has 1 amide bonds. The Morgan fingerprint density at radius 1 is 1.15 bits per heavy atom. The number of halogens is 2. The molecular formula is C17H16Cl2N2O5S. The van der Waals surface area contributed by atoms with Crippen molar-refractivity contribution in [1.82, 2.24) is 0 Å². The second kappa shape index (κ2) is 8.60. The SMILES string of the molecule is COC(=O)c1ccc(Cl)c(NC(=O)CN(c2cccc(Cl)c2)S(C)(=O)=O)c1. The van der Waals surface area contributed by atoms with Gasteiger partial charge < -0.3 is 10.1 Å². The summed E-state index contributed by atoms with van der Waals surface area (Å²) < 4.78 is 29.7. The maximum Gasteiger partial charge on any atom is 0.337 e. The van der Waals surface area contributed by atoms with Gasteiger partial charge in [0.05, 0.1) is 35.3 Å². The molecule has 0 fully saturated rings. The molecule has 0 aromatic heterocycles. The zero-order valence-corrected chi connectivity index (χ0v) is 16.7. The highest BCUT2D eigenvalue weighted by Crippen LogP contribution is 2.25. The minimum atomic E-state index is -3.75. The molecule has 144 valence electrons. The highest BCUT2D eigenvalue weighted by Gasteiger charge is 2.22. The Hall–Kier alpha value is -2.29. The van der Waals surface area contributed by atoms with Gasteiger partial charge in [-0.05, 0) is 36.4 Å². The molecule has 10 heteroatoms. The third-order valence-electron chi connectivity index (χ3n) is 3.45. The van der Waals surface area contributed by atoms with Crippen molar-refractivity contribution in [3.63, 3.8) is 0 Å². The molecule has 2 aromatic carbocycles. The fraction of sp³-hybridized carbons (Fsp3) is 0.176. The summed E-state index contributed by atoms with van der Waals surface area (Å²) in [4.78, 5) is 24.0. The predicted octanol–water partition coefficient (Wildman–Crippen LogP) is 3.18. The number of carbonyl (C=O) groups excluding carboxylic acids is 2. The summed E-state index contributed by atoms with van der Waals surface area (Å²) in [5.41, 5.74) is 0.589. The Morgan fingerprint density at radius 3 is 2.44 bits per heavy atom. The summed E-state index contributed by atoms with van der Waals surface area (Å²) in [7, 11) is -2.52. The van der Waals surface area contributed by atoms with Crippen LogP contribution in [-0.4, -0.2) is 40.2 Å². The summed E-state index contributed by atoms with van der Waals surface area (Å²) in [5.74, 6) is -1.25. The first-order chi connectivity index (χ1) is 12.6. The first-order valence-electron chi connectivity index (χ1n) is 7.53. The van der Waals surface area contributed by atoms with Crippen molar-refractivity contribution >= 4 is 56.5 Å². The van der Waals surface area contributed by atoms with Gasteiger partial charge in [0.2, 0.25) is 15.9 Å². The van der Waals surface area contributed by atoms with Crippen LogP contribution in [0.3, 0.4) is 0 Å². The van der Waals surface area contributed by atoms with Crippen LogP contribution in [0.1, 0.15) is 10.4 Å². The van der Waals surface area contributed by atoms with Crippen molar-refractivity contribution < 1.29 is 22.7 Å². The summed E-state index contributed by atoms with van der Waals surface area (Å²) >= 11 is 11.9. The lowest BCUT2D eigenvalue weighted by Gasteiger charge is -2.22. The molecule has 0 bridgehead atoms. The first kappa shape index (κ1) is 21.0. The normalized spacial score (nSPS) is 11.0. The number of carbonyl (C=O) groups is 2. The van der Waals surface area contributed by atoms with E-state index in [-0.39, 0.29) is 22.0 Å². The molecule has 2 aromatic rings. The second-order valence-corrected chi connectivity index (χ2v) is 8.23. The highest BCUT2D eigenvalue weighted by atomic mass is 35.5. The number of anilines is 2. The van der Waals surface area contributed by atoms with E-state index in [4.69, 9.17) is 23.2 Å². The van der Waals surface area contributed by atoms with Crippen LogP contribution >= 0.6 is 23.2 Å². The van der Waals surface area contributed by atoms with Crippen LogP contribution in [0.5, 0.6) is 0 Å². The first-order valence-corrected chi connectivity index (χ1v) is 10.1. The van der Waals surface area contributed by atoms with E-state index in [1.807, 2.05) is 0 Å². The standard InChI is InChI=1S/C17H16Cl2N2O5S/c1-26-17(23)11-6-7-14(19)15(8-11)20-16(22)10-21(27(2,24)25)13-5-3-4-12(18)9-13/h3-9H,10H2,1-2H3,(H,20,22). The lowest BCUT2D eigenvalue weighted by atomic mass is 10.2. The van der Waals surface area contributed by atoms with Crippen LogP contribution in [0.25, 0.3) is 0 Å². The molecule has 0 aliphatic heterocycles. The largest absolute Gasteiger partial charge is 0.465 e. The van der Waals surface area contributed by atoms with E-state index < -0.39 is 28.4 Å². The number of nitrogens with one attached hydrogen (secondary N) is 1. The van der Waals surface area contributed by atoms with Gasteiger partial charge >= 0.3 is 5.97 Å². The van der Waals surface area contributed by atoms with E-state index in [0.29, 0.717) is 5.02 Å². The molecule has 0 spiro atoms. The molecule has 0 radical (unpaired) electrons. The number of nitrogens with zero attached hydrogens (tertiary/aromatic N) is 1. The van der Waals surface area contributed by atoms with E-state index in [1.165, 1.54) is 37.4 Å². The van der Waals surface area contributed by atoms with Crippen LogP contribution in [0.15, 0.2) is 42.5 Å². The molecule has 0 saturated carbocycles. The topological polar surface area (TPSA) is 92.8 Å². The van der Waals surface area contributed by atoms with Gasteiger partial charge in [-0.3, -0.25) is 9.10 Å². The van der Waals surface area contributed by atoms with Gasteiger partial charge in [0.15, 0.2) is 0 Å². The Labute approximate surface area is 166 Å². The van der Waals surface area contributed by atoms with Gasteiger partial charge in [-0.25, -0.2) is 13.2 Å². The van der Waals surface area contributed by atoms with Gasteiger partial charge in [0, 0.05) is 5.02 Å². The molecule has 0 heterocycles. The van der Waals surface area contributed by atoms with Gasteiger partial charge in [0.1, 0.15) is 6.54 Å². The lowest BCUT2D eigenvalue weighted by Crippen LogP contribution is -2.37. The number of sulfonamides is 1. The second-order valence-electron chi connectivity index (χ2n) is 5.48. The van der Waals surface area contributed by atoms with Crippen LogP contribution in [-0.2, 0) is 19.6 Å². The Kier molecular flexibility index (Phi) is 6.69. The number of methoxy groups -OCH3 is 1. The average molecular weight is 431 g/mol. The minimum Gasteiger partial charge on any atom is -0.465 e. The number of hydrogen-bond acceptors (Lipinski definition) is 5. The van der Waals surface area contributed by atoms with Crippen molar-refractivity contribution in [2.45, 2.75) is 0 Å². The molecule has 1 N–H and O–H groups in total. The maximum absolute atomic E-state index is 12.4. The van der Waals surface area contributed by atoms with E-state index in [1.54, 1.807) is 12.1 Å². The zero-order valence-electron chi connectivity index (χ0n) is 14.4. The Bertz CT molecular complexity index is 979. The van der Waals surface area contributed by atoms with Crippen molar-refractivity contribution in [3.8, 4) is 0 Å². The molecular weight excluding hydrogens is 415 g/mol. The summed E-state index contributed by atoms with van der Waals surface area (Å²) in [6.07, 6.45) is 0.978. The molecule has 2 rings (SSSR count). The molecule has 27 heavy (non-hydrogen) atoms. The monoisotopic (exact) mass is 430 g/mol. The highest BCUT2D eigenvalue weighted by molar-refractivity contribution is 7.92. The van der Waals surface area contributed by atoms with Crippen LogP contribution in [0.4, 0.5) is 11.4 Å². The van der Waals surface area contributed by atoms with E-state index in [0.717, 1.165) is 10.6 Å². The quantitative estimate of drug-likeness (QED) is 0.710.